The van der Waals surface area contributed by atoms with Crippen molar-refractivity contribution in [2.24, 2.45) is 0 Å². The van der Waals surface area contributed by atoms with Crippen molar-refractivity contribution in [2.45, 2.75) is 19.8 Å². The Bertz CT molecular complexity index is 888. The number of hydrogen-bond acceptors (Lipinski definition) is 6. The Morgan fingerprint density at radius 1 is 1.24 bits per heavy atom. The minimum atomic E-state index is -1.31. The summed E-state index contributed by atoms with van der Waals surface area (Å²) in [6, 6.07) is 3.15. The highest BCUT2D eigenvalue weighted by Gasteiger charge is 2.39. The summed E-state index contributed by atoms with van der Waals surface area (Å²) < 4.78 is 37.5. The van der Waals surface area contributed by atoms with Gasteiger partial charge >= 0.3 is 5.97 Å². The van der Waals surface area contributed by atoms with Crippen LogP contribution in [0.4, 0.5) is 14.7 Å². The van der Waals surface area contributed by atoms with Gasteiger partial charge in [0.25, 0.3) is 5.88 Å². The number of hydrogen-bond donors (Lipinski definition) is 1. The third-order valence-electron chi connectivity index (χ3n) is 3.52. The first kappa shape index (κ1) is 16.6. The number of carbonyl (C=O) groups excluding carboxylic acids is 3. The lowest BCUT2D eigenvalue weighted by atomic mass is 10.1. The average molecular weight is 351 g/mol. The van der Waals surface area contributed by atoms with Crippen molar-refractivity contribution in [2.75, 3.05) is 4.90 Å². The van der Waals surface area contributed by atoms with Crippen LogP contribution in [0, 0.1) is 11.6 Å². The number of aromatic hydroxyl groups is 1. The van der Waals surface area contributed by atoms with Gasteiger partial charge in [-0.3, -0.25) is 14.4 Å². The molecular weight excluding hydrogens is 340 g/mol. The number of furan rings is 1. The molecule has 9 heteroatoms. The third-order valence-corrected chi connectivity index (χ3v) is 3.52. The molecule has 0 unspecified atom stereocenters. The summed E-state index contributed by atoms with van der Waals surface area (Å²) in [6.07, 6.45) is -0.188. The number of esters is 1. The van der Waals surface area contributed by atoms with Gasteiger partial charge in [-0.1, -0.05) is 6.07 Å². The molecule has 2 heterocycles. The molecule has 1 aliphatic rings. The quantitative estimate of drug-likeness (QED) is 0.674. The van der Waals surface area contributed by atoms with Gasteiger partial charge in [-0.15, -0.1) is 0 Å². The Labute approximate surface area is 139 Å². The molecule has 2 aromatic rings. The van der Waals surface area contributed by atoms with E-state index in [1.54, 1.807) is 0 Å². The Hall–Kier alpha value is -3.23. The number of rotatable bonds is 3. The zero-order chi connectivity index (χ0) is 18.3. The molecule has 1 fully saturated rings. The maximum atomic E-state index is 14.0. The fourth-order valence-corrected chi connectivity index (χ4v) is 2.44. The van der Waals surface area contributed by atoms with Crippen molar-refractivity contribution in [1.29, 1.82) is 0 Å². The van der Waals surface area contributed by atoms with Crippen LogP contribution >= 0.6 is 0 Å². The lowest BCUT2D eigenvalue weighted by Crippen LogP contribution is -2.28. The van der Waals surface area contributed by atoms with E-state index in [1.165, 1.54) is 6.07 Å². The lowest BCUT2D eigenvalue weighted by molar-refractivity contribution is -0.132. The van der Waals surface area contributed by atoms with Gasteiger partial charge in [-0.25, -0.2) is 13.7 Å². The standard InChI is InChI=1S/C16H11F2NO6/c1-7(20)24-15-13(23)14(8-3-2-4-9(17)12(8)18)25-16(15)19-10(21)5-6-11(19)22/h2-4,23H,5-6H2,1H3. The average Bonchev–Trinajstić information content (AvgIpc) is 3.03. The van der Waals surface area contributed by atoms with Crippen molar-refractivity contribution < 1.29 is 37.4 Å². The number of halogens is 2. The van der Waals surface area contributed by atoms with Crippen molar-refractivity contribution >= 4 is 23.7 Å². The topological polar surface area (TPSA) is 97.0 Å². The van der Waals surface area contributed by atoms with E-state index in [4.69, 9.17) is 9.15 Å². The van der Waals surface area contributed by atoms with Crippen LogP contribution in [-0.2, 0) is 14.4 Å². The molecule has 0 spiro atoms. The van der Waals surface area contributed by atoms with Gasteiger partial charge in [0.2, 0.25) is 23.3 Å². The van der Waals surface area contributed by atoms with Crippen LogP contribution in [0.1, 0.15) is 19.8 Å². The van der Waals surface area contributed by atoms with E-state index in [2.05, 4.69) is 0 Å². The van der Waals surface area contributed by atoms with Crippen LogP contribution < -0.4 is 9.64 Å². The zero-order valence-electron chi connectivity index (χ0n) is 12.8. The lowest BCUT2D eigenvalue weighted by Gasteiger charge is -2.11. The summed E-state index contributed by atoms with van der Waals surface area (Å²) in [5.41, 5.74) is -0.462. The number of benzene rings is 1. The predicted molar refractivity (Wildman–Crippen MR) is 78.8 cm³/mol. The maximum Gasteiger partial charge on any atom is 0.308 e. The minimum Gasteiger partial charge on any atom is -0.502 e. The van der Waals surface area contributed by atoms with Gasteiger partial charge < -0.3 is 14.3 Å². The zero-order valence-corrected chi connectivity index (χ0v) is 12.8. The monoisotopic (exact) mass is 351 g/mol. The molecule has 0 radical (unpaired) electrons. The van der Waals surface area contributed by atoms with Gasteiger partial charge in [0.15, 0.2) is 17.4 Å². The van der Waals surface area contributed by atoms with E-state index >= 15 is 0 Å². The van der Waals surface area contributed by atoms with Crippen LogP contribution in [0.15, 0.2) is 22.6 Å². The van der Waals surface area contributed by atoms with Crippen molar-refractivity contribution in [3.8, 4) is 22.8 Å². The molecule has 0 atom stereocenters. The molecule has 25 heavy (non-hydrogen) atoms. The van der Waals surface area contributed by atoms with E-state index in [1.807, 2.05) is 0 Å². The minimum absolute atomic E-state index is 0.0938. The SMILES string of the molecule is CC(=O)Oc1c(N2C(=O)CCC2=O)oc(-c2cccc(F)c2F)c1O. The molecule has 130 valence electrons. The number of nitrogens with zero attached hydrogens (tertiary/aromatic N) is 1. The van der Waals surface area contributed by atoms with Crippen LogP contribution in [0.3, 0.4) is 0 Å². The van der Waals surface area contributed by atoms with Crippen LogP contribution in [-0.4, -0.2) is 22.9 Å². The molecule has 7 nitrogen and oxygen atoms in total. The molecule has 1 saturated heterocycles. The second-order valence-electron chi connectivity index (χ2n) is 5.23. The van der Waals surface area contributed by atoms with Gasteiger partial charge in [0.05, 0.1) is 5.56 Å². The van der Waals surface area contributed by atoms with Gasteiger partial charge in [0.1, 0.15) is 0 Å². The van der Waals surface area contributed by atoms with Crippen LogP contribution in [0.25, 0.3) is 11.3 Å². The highest BCUT2D eigenvalue weighted by Crippen LogP contribution is 2.49. The smallest absolute Gasteiger partial charge is 0.308 e. The van der Waals surface area contributed by atoms with Gasteiger partial charge in [-0.05, 0) is 12.1 Å². The molecule has 0 bridgehead atoms. The molecular formula is C16H11F2NO6. The molecule has 2 amide bonds. The maximum absolute atomic E-state index is 14.0. The Balaban J connectivity index is 2.22. The molecule has 1 N–H and O–H groups in total. The summed E-state index contributed by atoms with van der Waals surface area (Å²) in [6.45, 7) is 1.02. The number of carbonyl (C=O) groups is 3. The predicted octanol–water partition coefficient (Wildman–Crippen LogP) is 2.51. The molecule has 0 aliphatic carbocycles. The fourth-order valence-electron chi connectivity index (χ4n) is 2.44. The summed E-state index contributed by atoms with van der Waals surface area (Å²) in [5, 5.41) is 10.3. The first-order chi connectivity index (χ1) is 11.8. The third kappa shape index (κ3) is 2.73. The Kier molecular flexibility index (Phi) is 3.99. The fraction of sp³-hybridized carbons (Fsp3) is 0.188. The second-order valence-corrected chi connectivity index (χ2v) is 5.23. The molecule has 1 aromatic heterocycles. The number of imide groups is 1. The van der Waals surface area contributed by atoms with E-state index in [9.17, 15) is 28.3 Å². The van der Waals surface area contributed by atoms with E-state index in [0.717, 1.165) is 19.1 Å². The number of ether oxygens (including phenoxy) is 1. The van der Waals surface area contributed by atoms with Crippen LogP contribution in [0.2, 0.25) is 0 Å². The van der Waals surface area contributed by atoms with Gasteiger partial charge in [0, 0.05) is 19.8 Å². The van der Waals surface area contributed by atoms with Crippen molar-refractivity contribution in [1.82, 2.24) is 0 Å². The first-order valence-electron chi connectivity index (χ1n) is 7.15. The first-order valence-corrected chi connectivity index (χ1v) is 7.15. The highest BCUT2D eigenvalue weighted by molar-refractivity contribution is 6.20. The van der Waals surface area contributed by atoms with Crippen molar-refractivity contribution in [3.63, 3.8) is 0 Å². The molecule has 0 saturated carbocycles. The Morgan fingerprint density at radius 2 is 1.88 bits per heavy atom. The Morgan fingerprint density at radius 3 is 2.48 bits per heavy atom. The summed E-state index contributed by atoms with van der Waals surface area (Å²) >= 11 is 0. The van der Waals surface area contributed by atoms with E-state index in [0.29, 0.717) is 4.90 Å². The van der Waals surface area contributed by atoms with E-state index in [-0.39, 0.29) is 12.8 Å². The second kappa shape index (κ2) is 6.00. The summed E-state index contributed by atoms with van der Waals surface area (Å²) in [5.74, 6) is -7.24. The van der Waals surface area contributed by atoms with Crippen LogP contribution in [0.5, 0.6) is 11.5 Å². The number of anilines is 1. The van der Waals surface area contributed by atoms with Crippen molar-refractivity contribution in [3.05, 3.63) is 29.8 Å². The molecule has 1 aromatic carbocycles. The van der Waals surface area contributed by atoms with E-state index < -0.39 is 58.1 Å². The largest absolute Gasteiger partial charge is 0.502 e. The molecule has 1 aliphatic heterocycles. The number of amides is 2. The normalized spacial score (nSPS) is 14.3. The highest BCUT2D eigenvalue weighted by atomic mass is 19.2. The summed E-state index contributed by atoms with van der Waals surface area (Å²) in [4.78, 5) is 35.6. The van der Waals surface area contributed by atoms with Gasteiger partial charge in [-0.2, -0.15) is 0 Å². The summed E-state index contributed by atoms with van der Waals surface area (Å²) in [7, 11) is 0. The molecule has 3 rings (SSSR count).